The predicted octanol–water partition coefficient (Wildman–Crippen LogP) is 4.47. The molecule has 1 aromatic carbocycles. The number of hydrogen-bond donors (Lipinski definition) is 0. The van der Waals surface area contributed by atoms with Crippen molar-refractivity contribution in [3.63, 3.8) is 0 Å². The summed E-state index contributed by atoms with van der Waals surface area (Å²) in [4.78, 5) is 16.0. The summed E-state index contributed by atoms with van der Waals surface area (Å²) in [6, 6.07) is 8.57. The van der Waals surface area contributed by atoms with Crippen LogP contribution in [-0.2, 0) is 6.42 Å². The molecular formula is C13H8Cl3NO. The van der Waals surface area contributed by atoms with Gasteiger partial charge in [0.05, 0.1) is 10.0 Å². The molecule has 0 aliphatic heterocycles. The first-order chi connectivity index (χ1) is 8.56. The Balaban J connectivity index is 2.19. The highest BCUT2D eigenvalue weighted by Crippen LogP contribution is 2.20. The fourth-order valence-corrected chi connectivity index (χ4v) is 2.10. The number of aromatic nitrogens is 1. The Labute approximate surface area is 120 Å². The van der Waals surface area contributed by atoms with E-state index < -0.39 is 0 Å². The molecule has 0 radical (unpaired) electrons. The SMILES string of the molecule is O=C(Cc1ccc(Cl)cc1)c1ncc(Cl)cc1Cl. The number of ketones is 1. The van der Waals surface area contributed by atoms with Gasteiger partial charge in [-0.2, -0.15) is 0 Å². The van der Waals surface area contributed by atoms with E-state index in [0.717, 1.165) is 5.56 Å². The summed E-state index contributed by atoms with van der Waals surface area (Å²) < 4.78 is 0. The van der Waals surface area contributed by atoms with Gasteiger partial charge >= 0.3 is 0 Å². The zero-order valence-electron chi connectivity index (χ0n) is 9.16. The molecule has 1 aromatic heterocycles. The number of carbonyl (C=O) groups is 1. The number of nitrogens with zero attached hydrogens (tertiary/aromatic N) is 1. The largest absolute Gasteiger partial charge is 0.292 e. The highest BCUT2D eigenvalue weighted by Gasteiger charge is 2.13. The molecule has 1 heterocycles. The van der Waals surface area contributed by atoms with Crippen LogP contribution < -0.4 is 0 Å². The molecule has 5 heteroatoms. The van der Waals surface area contributed by atoms with Crippen molar-refractivity contribution in [2.45, 2.75) is 6.42 Å². The predicted molar refractivity (Wildman–Crippen MR) is 73.7 cm³/mol. The highest BCUT2D eigenvalue weighted by atomic mass is 35.5. The van der Waals surface area contributed by atoms with Crippen molar-refractivity contribution in [3.8, 4) is 0 Å². The first kappa shape index (κ1) is 13.3. The Morgan fingerprint density at radius 2 is 1.72 bits per heavy atom. The second-order valence-electron chi connectivity index (χ2n) is 3.71. The fourth-order valence-electron chi connectivity index (χ4n) is 1.49. The first-order valence-corrected chi connectivity index (χ1v) is 6.28. The summed E-state index contributed by atoms with van der Waals surface area (Å²) in [5, 5.41) is 1.30. The number of rotatable bonds is 3. The average molecular weight is 301 g/mol. The van der Waals surface area contributed by atoms with Crippen molar-refractivity contribution in [1.82, 2.24) is 4.98 Å². The number of pyridine rings is 1. The van der Waals surface area contributed by atoms with Gasteiger partial charge in [0.2, 0.25) is 0 Å². The zero-order chi connectivity index (χ0) is 13.1. The summed E-state index contributed by atoms with van der Waals surface area (Å²) in [5.74, 6) is -0.154. The minimum absolute atomic E-state index is 0.154. The third kappa shape index (κ3) is 3.22. The maximum Gasteiger partial charge on any atom is 0.187 e. The van der Waals surface area contributed by atoms with E-state index in [-0.39, 0.29) is 22.9 Å². The second kappa shape index (κ2) is 5.70. The molecule has 0 spiro atoms. The van der Waals surface area contributed by atoms with E-state index in [4.69, 9.17) is 34.8 Å². The van der Waals surface area contributed by atoms with E-state index in [1.54, 1.807) is 24.3 Å². The maximum absolute atomic E-state index is 12.0. The van der Waals surface area contributed by atoms with Gasteiger partial charge in [-0.25, -0.2) is 4.98 Å². The van der Waals surface area contributed by atoms with E-state index in [0.29, 0.717) is 10.0 Å². The van der Waals surface area contributed by atoms with Crippen LogP contribution in [0.5, 0.6) is 0 Å². The van der Waals surface area contributed by atoms with Crippen molar-refractivity contribution < 1.29 is 4.79 Å². The van der Waals surface area contributed by atoms with Crippen LogP contribution in [0.2, 0.25) is 15.1 Å². The molecule has 0 amide bonds. The summed E-state index contributed by atoms with van der Waals surface area (Å²) in [7, 11) is 0. The van der Waals surface area contributed by atoms with Gasteiger partial charge in [0, 0.05) is 17.6 Å². The van der Waals surface area contributed by atoms with Gasteiger partial charge in [0.1, 0.15) is 5.69 Å². The number of benzene rings is 1. The highest BCUT2D eigenvalue weighted by molar-refractivity contribution is 6.36. The van der Waals surface area contributed by atoms with E-state index in [2.05, 4.69) is 4.98 Å². The molecule has 2 aromatic rings. The lowest BCUT2D eigenvalue weighted by molar-refractivity contribution is 0.0988. The van der Waals surface area contributed by atoms with Crippen LogP contribution in [0, 0.1) is 0 Å². The van der Waals surface area contributed by atoms with Crippen LogP contribution in [0.3, 0.4) is 0 Å². The Hall–Kier alpha value is -1.09. The topological polar surface area (TPSA) is 30.0 Å². The molecule has 0 aliphatic rings. The molecule has 0 bridgehead atoms. The molecule has 0 atom stereocenters. The summed E-state index contributed by atoms with van der Waals surface area (Å²) in [5.41, 5.74) is 1.09. The summed E-state index contributed by atoms with van der Waals surface area (Å²) in [6.07, 6.45) is 1.63. The zero-order valence-corrected chi connectivity index (χ0v) is 11.4. The molecule has 18 heavy (non-hydrogen) atoms. The van der Waals surface area contributed by atoms with Gasteiger partial charge in [-0.15, -0.1) is 0 Å². The quantitative estimate of drug-likeness (QED) is 0.783. The fraction of sp³-hybridized carbons (Fsp3) is 0.0769. The van der Waals surface area contributed by atoms with Gasteiger partial charge in [0.25, 0.3) is 0 Å². The van der Waals surface area contributed by atoms with Crippen LogP contribution in [0.4, 0.5) is 0 Å². The van der Waals surface area contributed by atoms with Gasteiger partial charge in [0.15, 0.2) is 5.78 Å². The Kier molecular flexibility index (Phi) is 4.23. The van der Waals surface area contributed by atoms with E-state index >= 15 is 0 Å². The van der Waals surface area contributed by atoms with Crippen molar-refractivity contribution >= 4 is 40.6 Å². The van der Waals surface area contributed by atoms with Crippen LogP contribution in [0.25, 0.3) is 0 Å². The Bertz CT molecular complexity index is 581. The van der Waals surface area contributed by atoms with E-state index in [1.165, 1.54) is 12.3 Å². The Morgan fingerprint density at radius 3 is 2.33 bits per heavy atom. The molecule has 0 N–H and O–H groups in total. The molecule has 2 rings (SSSR count). The number of carbonyl (C=O) groups excluding carboxylic acids is 1. The smallest absolute Gasteiger partial charge is 0.187 e. The van der Waals surface area contributed by atoms with Gasteiger partial charge in [-0.1, -0.05) is 46.9 Å². The van der Waals surface area contributed by atoms with Crippen molar-refractivity contribution in [2.24, 2.45) is 0 Å². The number of hydrogen-bond acceptors (Lipinski definition) is 2. The summed E-state index contributed by atoms with van der Waals surface area (Å²) >= 11 is 17.4. The van der Waals surface area contributed by atoms with E-state index in [9.17, 15) is 4.79 Å². The molecule has 0 fully saturated rings. The Morgan fingerprint density at radius 1 is 1.06 bits per heavy atom. The maximum atomic E-state index is 12.0. The monoisotopic (exact) mass is 299 g/mol. The van der Waals surface area contributed by atoms with Gasteiger partial charge in [-0.3, -0.25) is 4.79 Å². The first-order valence-electron chi connectivity index (χ1n) is 5.15. The molecule has 0 unspecified atom stereocenters. The molecule has 92 valence electrons. The standard InChI is InChI=1S/C13H8Cl3NO/c14-9-3-1-8(2-4-9)5-12(18)13-11(16)6-10(15)7-17-13/h1-4,6-7H,5H2. The minimum Gasteiger partial charge on any atom is -0.292 e. The van der Waals surface area contributed by atoms with Crippen LogP contribution in [-0.4, -0.2) is 10.8 Å². The van der Waals surface area contributed by atoms with E-state index in [1.807, 2.05) is 0 Å². The minimum atomic E-state index is -0.154. The molecule has 2 nitrogen and oxygen atoms in total. The van der Waals surface area contributed by atoms with Crippen molar-refractivity contribution in [3.05, 3.63) is 62.9 Å². The number of halogens is 3. The molecule has 0 saturated heterocycles. The lowest BCUT2D eigenvalue weighted by atomic mass is 10.1. The van der Waals surface area contributed by atoms with Crippen molar-refractivity contribution in [2.75, 3.05) is 0 Å². The molecular weight excluding hydrogens is 293 g/mol. The normalized spacial score (nSPS) is 10.4. The third-order valence-corrected chi connectivity index (χ3v) is 3.10. The average Bonchev–Trinajstić information content (AvgIpc) is 2.32. The third-order valence-electron chi connectivity index (χ3n) is 2.35. The van der Waals surface area contributed by atoms with Crippen LogP contribution in [0.1, 0.15) is 16.1 Å². The number of Topliss-reactive ketones (excluding diaryl/α,β-unsaturated/α-hetero) is 1. The molecule has 0 saturated carbocycles. The second-order valence-corrected chi connectivity index (χ2v) is 4.99. The van der Waals surface area contributed by atoms with Crippen molar-refractivity contribution in [1.29, 1.82) is 0 Å². The lowest BCUT2D eigenvalue weighted by Crippen LogP contribution is -2.06. The molecule has 0 aliphatic carbocycles. The van der Waals surface area contributed by atoms with Gasteiger partial charge in [-0.05, 0) is 23.8 Å². The lowest BCUT2D eigenvalue weighted by Gasteiger charge is -2.03. The van der Waals surface area contributed by atoms with Crippen LogP contribution >= 0.6 is 34.8 Å². The van der Waals surface area contributed by atoms with Gasteiger partial charge < -0.3 is 0 Å². The van der Waals surface area contributed by atoms with Crippen LogP contribution in [0.15, 0.2) is 36.5 Å². The summed E-state index contributed by atoms with van der Waals surface area (Å²) in [6.45, 7) is 0.